The fraction of sp³-hybridized carbons (Fsp3) is 0.944. The highest BCUT2D eigenvalue weighted by Gasteiger charge is 2.38. The van der Waals surface area contributed by atoms with E-state index in [-0.39, 0.29) is 0 Å². The van der Waals surface area contributed by atoms with E-state index in [1.807, 2.05) is 0 Å². The smallest absolute Gasteiger partial charge is 0.191 e. The normalized spacial score (nSPS) is 26.0. The fourth-order valence-electron chi connectivity index (χ4n) is 3.95. The standard InChI is InChI=1S/C18H34N4S/c1-2-19-17(20-14-16-6-7-16)21-15-18(8-4-3-5-9-18)22-10-12-23-13-11-22/h16H,2-15H2,1H3,(H2,19,20,21). The van der Waals surface area contributed by atoms with Crippen LogP contribution in [0.2, 0.25) is 0 Å². The minimum Gasteiger partial charge on any atom is -0.357 e. The zero-order chi connectivity index (χ0) is 16.0. The van der Waals surface area contributed by atoms with Gasteiger partial charge < -0.3 is 10.6 Å². The number of rotatable bonds is 6. The minimum atomic E-state index is 0.334. The van der Waals surface area contributed by atoms with Gasteiger partial charge in [-0.2, -0.15) is 11.8 Å². The molecule has 2 saturated carbocycles. The van der Waals surface area contributed by atoms with Gasteiger partial charge in [-0.05, 0) is 38.5 Å². The minimum absolute atomic E-state index is 0.334. The molecule has 3 fully saturated rings. The molecule has 0 bridgehead atoms. The van der Waals surface area contributed by atoms with E-state index >= 15 is 0 Å². The molecule has 23 heavy (non-hydrogen) atoms. The SMILES string of the molecule is CCNC(=NCC1(N2CCSCC2)CCCCC1)NCC1CC1. The lowest BCUT2D eigenvalue weighted by atomic mass is 9.80. The zero-order valence-corrected chi connectivity index (χ0v) is 15.6. The molecular formula is C18H34N4S. The summed E-state index contributed by atoms with van der Waals surface area (Å²) in [6.07, 6.45) is 9.63. The van der Waals surface area contributed by atoms with Crippen LogP contribution < -0.4 is 10.6 Å². The number of aliphatic imine (C=N–C) groups is 1. The molecule has 0 atom stereocenters. The van der Waals surface area contributed by atoms with Crippen LogP contribution >= 0.6 is 11.8 Å². The van der Waals surface area contributed by atoms with Gasteiger partial charge in [0.05, 0.1) is 6.54 Å². The van der Waals surface area contributed by atoms with E-state index in [1.54, 1.807) is 0 Å². The second kappa shape index (κ2) is 8.61. The molecule has 132 valence electrons. The van der Waals surface area contributed by atoms with Crippen molar-refractivity contribution in [3.05, 3.63) is 0 Å². The van der Waals surface area contributed by atoms with Gasteiger partial charge >= 0.3 is 0 Å². The highest BCUT2D eigenvalue weighted by molar-refractivity contribution is 7.99. The topological polar surface area (TPSA) is 39.7 Å². The summed E-state index contributed by atoms with van der Waals surface area (Å²) in [7, 11) is 0. The largest absolute Gasteiger partial charge is 0.357 e. The van der Waals surface area contributed by atoms with Crippen LogP contribution in [0.5, 0.6) is 0 Å². The Labute approximate surface area is 146 Å². The summed E-state index contributed by atoms with van der Waals surface area (Å²) in [5, 5.41) is 7.00. The van der Waals surface area contributed by atoms with Crippen LogP contribution in [-0.2, 0) is 0 Å². The molecule has 3 aliphatic rings. The molecule has 1 saturated heterocycles. The van der Waals surface area contributed by atoms with Crippen LogP contribution in [0.25, 0.3) is 0 Å². The molecule has 1 aliphatic heterocycles. The van der Waals surface area contributed by atoms with Crippen molar-refractivity contribution < 1.29 is 0 Å². The Morgan fingerprint density at radius 3 is 2.52 bits per heavy atom. The number of thioether (sulfide) groups is 1. The molecule has 0 aromatic heterocycles. The number of nitrogens with zero attached hydrogens (tertiary/aromatic N) is 2. The van der Waals surface area contributed by atoms with Gasteiger partial charge in [-0.1, -0.05) is 19.3 Å². The van der Waals surface area contributed by atoms with Crippen molar-refractivity contribution in [1.29, 1.82) is 0 Å². The van der Waals surface area contributed by atoms with E-state index in [0.717, 1.165) is 31.5 Å². The average Bonchev–Trinajstić information content (AvgIpc) is 3.43. The van der Waals surface area contributed by atoms with Crippen molar-refractivity contribution in [3.8, 4) is 0 Å². The summed E-state index contributed by atoms with van der Waals surface area (Å²) in [6, 6.07) is 0. The van der Waals surface area contributed by atoms with Crippen LogP contribution in [0, 0.1) is 5.92 Å². The van der Waals surface area contributed by atoms with Gasteiger partial charge in [0.15, 0.2) is 5.96 Å². The zero-order valence-electron chi connectivity index (χ0n) is 14.8. The van der Waals surface area contributed by atoms with E-state index < -0.39 is 0 Å². The van der Waals surface area contributed by atoms with E-state index in [2.05, 4.69) is 34.2 Å². The third-order valence-corrected chi connectivity index (χ3v) is 6.54. The Morgan fingerprint density at radius 1 is 1.13 bits per heavy atom. The summed E-state index contributed by atoms with van der Waals surface area (Å²) >= 11 is 2.11. The second-order valence-electron chi connectivity index (χ2n) is 7.40. The molecular weight excluding hydrogens is 304 g/mol. The van der Waals surface area contributed by atoms with Crippen molar-refractivity contribution in [2.45, 2.75) is 57.4 Å². The maximum atomic E-state index is 5.03. The van der Waals surface area contributed by atoms with Gasteiger partial charge in [-0.3, -0.25) is 9.89 Å². The number of nitrogens with one attached hydrogen (secondary N) is 2. The third kappa shape index (κ3) is 5.02. The first kappa shape index (κ1) is 17.4. The molecule has 0 unspecified atom stereocenters. The molecule has 2 N–H and O–H groups in total. The molecule has 3 rings (SSSR count). The summed E-state index contributed by atoms with van der Waals surface area (Å²) in [5.74, 6) is 4.52. The second-order valence-corrected chi connectivity index (χ2v) is 8.63. The molecule has 0 aromatic rings. The molecule has 2 aliphatic carbocycles. The third-order valence-electron chi connectivity index (χ3n) is 5.60. The van der Waals surface area contributed by atoms with Crippen LogP contribution in [-0.4, -0.2) is 60.6 Å². The number of guanidine groups is 1. The highest BCUT2D eigenvalue weighted by atomic mass is 32.2. The fourth-order valence-corrected chi connectivity index (χ4v) is 4.86. The molecule has 0 spiro atoms. The van der Waals surface area contributed by atoms with Crippen LogP contribution in [0.1, 0.15) is 51.9 Å². The van der Waals surface area contributed by atoms with Crippen LogP contribution in [0.15, 0.2) is 4.99 Å². The van der Waals surface area contributed by atoms with E-state index in [0.29, 0.717) is 5.54 Å². The quantitative estimate of drug-likeness (QED) is 0.577. The van der Waals surface area contributed by atoms with Crippen molar-refractivity contribution in [2.75, 3.05) is 44.2 Å². The lowest BCUT2D eigenvalue weighted by Gasteiger charge is -2.47. The first-order chi connectivity index (χ1) is 11.3. The maximum absolute atomic E-state index is 5.03. The summed E-state index contributed by atoms with van der Waals surface area (Å²) in [4.78, 5) is 7.80. The Morgan fingerprint density at radius 2 is 1.87 bits per heavy atom. The van der Waals surface area contributed by atoms with Crippen molar-refractivity contribution in [1.82, 2.24) is 15.5 Å². The Kier molecular flexibility index (Phi) is 6.52. The van der Waals surface area contributed by atoms with Gasteiger partial charge in [0, 0.05) is 43.2 Å². The Balaban J connectivity index is 1.63. The predicted octanol–water partition coefficient (Wildman–Crippen LogP) is 2.70. The lowest BCUT2D eigenvalue weighted by molar-refractivity contribution is 0.0672. The van der Waals surface area contributed by atoms with Crippen molar-refractivity contribution in [2.24, 2.45) is 10.9 Å². The lowest BCUT2D eigenvalue weighted by Crippen LogP contribution is -2.55. The first-order valence-corrected chi connectivity index (χ1v) is 10.8. The van der Waals surface area contributed by atoms with Gasteiger partial charge in [0.2, 0.25) is 0 Å². The number of hydrogen-bond donors (Lipinski definition) is 2. The molecule has 0 amide bonds. The molecule has 4 nitrogen and oxygen atoms in total. The monoisotopic (exact) mass is 338 g/mol. The van der Waals surface area contributed by atoms with E-state index in [4.69, 9.17) is 4.99 Å². The van der Waals surface area contributed by atoms with Crippen molar-refractivity contribution in [3.63, 3.8) is 0 Å². The Hall–Kier alpha value is -0.420. The molecule has 0 radical (unpaired) electrons. The molecule has 0 aromatic carbocycles. The van der Waals surface area contributed by atoms with Crippen molar-refractivity contribution >= 4 is 17.7 Å². The molecule has 5 heteroatoms. The van der Waals surface area contributed by atoms with E-state index in [1.165, 1.54) is 69.5 Å². The highest BCUT2D eigenvalue weighted by Crippen LogP contribution is 2.35. The molecule has 1 heterocycles. The summed E-state index contributed by atoms with van der Waals surface area (Å²) in [6.45, 7) is 7.69. The van der Waals surface area contributed by atoms with Gasteiger partial charge in [0.1, 0.15) is 0 Å². The van der Waals surface area contributed by atoms with Crippen LogP contribution in [0.3, 0.4) is 0 Å². The maximum Gasteiger partial charge on any atom is 0.191 e. The summed E-state index contributed by atoms with van der Waals surface area (Å²) in [5.41, 5.74) is 0.334. The number of hydrogen-bond acceptors (Lipinski definition) is 3. The summed E-state index contributed by atoms with van der Waals surface area (Å²) < 4.78 is 0. The average molecular weight is 339 g/mol. The van der Waals surface area contributed by atoms with Gasteiger partial charge in [-0.15, -0.1) is 0 Å². The Bertz CT molecular complexity index is 382. The van der Waals surface area contributed by atoms with Gasteiger partial charge in [-0.25, -0.2) is 0 Å². The van der Waals surface area contributed by atoms with Crippen LogP contribution in [0.4, 0.5) is 0 Å². The van der Waals surface area contributed by atoms with Gasteiger partial charge in [0.25, 0.3) is 0 Å². The first-order valence-electron chi connectivity index (χ1n) is 9.67. The predicted molar refractivity (Wildman–Crippen MR) is 101 cm³/mol. The van der Waals surface area contributed by atoms with E-state index in [9.17, 15) is 0 Å².